The van der Waals surface area contributed by atoms with Gasteiger partial charge in [-0.25, -0.2) is 9.78 Å². The average molecular weight is 378 g/mol. The number of amides is 1. The van der Waals surface area contributed by atoms with Gasteiger partial charge in [0.15, 0.2) is 29.0 Å². The minimum atomic E-state index is -0.586. The Bertz CT molecular complexity index is 817. The summed E-state index contributed by atoms with van der Waals surface area (Å²) in [6.07, 6.45) is 0. The summed E-state index contributed by atoms with van der Waals surface area (Å²) in [6.45, 7) is 2.48. The van der Waals surface area contributed by atoms with Gasteiger partial charge in [0.25, 0.3) is 0 Å². The van der Waals surface area contributed by atoms with E-state index in [-0.39, 0.29) is 24.9 Å². The Kier molecular flexibility index (Phi) is 6.67. The van der Waals surface area contributed by atoms with Crippen molar-refractivity contribution in [3.8, 4) is 11.5 Å². The molecule has 0 atom stereocenters. The number of benzene rings is 1. The van der Waals surface area contributed by atoms with Crippen molar-refractivity contribution in [1.29, 1.82) is 0 Å². The minimum absolute atomic E-state index is 0.0291. The van der Waals surface area contributed by atoms with Crippen molar-refractivity contribution in [2.75, 3.05) is 19.0 Å². The summed E-state index contributed by atoms with van der Waals surface area (Å²) in [4.78, 5) is 38.2. The van der Waals surface area contributed by atoms with Gasteiger partial charge in [-0.15, -0.1) is 11.3 Å². The van der Waals surface area contributed by atoms with Crippen molar-refractivity contribution in [3.63, 3.8) is 0 Å². The van der Waals surface area contributed by atoms with Gasteiger partial charge in [0.1, 0.15) is 6.61 Å². The van der Waals surface area contributed by atoms with Gasteiger partial charge in [-0.1, -0.05) is 0 Å². The van der Waals surface area contributed by atoms with Crippen LogP contribution in [-0.4, -0.2) is 36.4 Å². The molecule has 0 radical (unpaired) electrons. The van der Waals surface area contributed by atoms with E-state index in [9.17, 15) is 14.4 Å². The first kappa shape index (κ1) is 19.4. The van der Waals surface area contributed by atoms with Crippen molar-refractivity contribution in [2.24, 2.45) is 0 Å². The highest BCUT2D eigenvalue weighted by Gasteiger charge is 2.12. The van der Waals surface area contributed by atoms with E-state index in [1.54, 1.807) is 23.6 Å². The van der Waals surface area contributed by atoms with E-state index in [0.29, 0.717) is 27.9 Å². The largest absolute Gasteiger partial charge is 0.493 e. The Morgan fingerprint density at radius 2 is 1.96 bits per heavy atom. The smallest absolute Gasteiger partial charge is 0.344 e. The lowest BCUT2D eigenvalue weighted by molar-refractivity contribution is -0.147. The van der Waals surface area contributed by atoms with E-state index in [1.165, 1.54) is 32.3 Å². The molecule has 26 heavy (non-hydrogen) atoms. The molecule has 0 saturated heterocycles. The normalized spacial score (nSPS) is 10.1. The molecule has 0 aliphatic heterocycles. The van der Waals surface area contributed by atoms with Gasteiger partial charge in [0.2, 0.25) is 5.91 Å². The average Bonchev–Trinajstić information content (AvgIpc) is 3.04. The third-order valence-corrected chi connectivity index (χ3v) is 3.94. The van der Waals surface area contributed by atoms with E-state index in [0.717, 1.165) is 0 Å². The van der Waals surface area contributed by atoms with Crippen molar-refractivity contribution in [2.45, 2.75) is 20.5 Å². The van der Waals surface area contributed by atoms with Gasteiger partial charge < -0.3 is 19.5 Å². The summed E-state index contributed by atoms with van der Waals surface area (Å²) in [5, 5.41) is 4.67. The molecule has 1 heterocycles. The van der Waals surface area contributed by atoms with Crippen molar-refractivity contribution in [3.05, 3.63) is 34.8 Å². The zero-order valence-electron chi connectivity index (χ0n) is 14.5. The predicted molar refractivity (Wildman–Crippen MR) is 94.7 cm³/mol. The standard InChI is InChI=1S/C17H18N2O6S/c1-10(20)12-4-5-14(15(6-12)23-3)24-8-16(22)25-7-13-9-26-17(19-13)18-11(2)21/h4-6,9H,7-8H2,1-3H3,(H,18,19,21). The van der Waals surface area contributed by atoms with Crippen LogP contribution in [0.4, 0.5) is 5.13 Å². The van der Waals surface area contributed by atoms with Crippen LogP contribution < -0.4 is 14.8 Å². The Labute approximate surface area is 154 Å². The van der Waals surface area contributed by atoms with E-state index in [2.05, 4.69) is 10.3 Å². The van der Waals surface area contributed by atoms with Crippen LogP contribution >= 0.6 is 11.3 Å². The van der Waals surface area contributed by atoms with Crippen LogP contribution in [0.25, 0.3) is 0 Å². The highest BCUT2D eigenvalue weighted by Crippen LogP contribution is 2.28. The van der Waals surface area contributed by atoms with Crippen LogP contribution in [-0.2, 0) is 20.9 Å². The number of rotatable bonds is 8. The SMILES string of the molecule is COc1cc(C(C)=O)ccc1OCC(=O)OCc1csc(NC(C)=O)n1. The van der Waals surface area contributed by atoms with Crippen molar-refractivity contribution in [1.82, 2.24) is 4.98 Å². The number of carbonyl (C=O) groups excluding carboxylic acids is 3. The number of hydrogen-bond acceptors (Lipinski definition) is 8. The molecule has 2 rings (SSSR count). The van der Waals surface area contributed by atoms with Crippen LogP contribution in [0.15, 0.2) is 23.6 Å². The number of esters is 1. The molecule has 2 aromatic rings. The number of thiazole rings is 1. The Balaban J connectivity index is 1.86. The van der Waals surface area contributed by atoms with E-state index < -0.39 is 5.97 Å². The Hall–Kier alpha value is -2.94. The van der Waals surface area contributed by atoms with Gasteiger partial charge in [0, 0.05) is 17.9 Å². The van der Waals surface area contributed by atoms with Crippen LogP contribution in [0.2, 0.25) is 0 Å². The zero-order valence-corrected chi connectivity index (χ0v) is 15.3. The quantitative estimate of drug-likeness (QED) is 0.556. The number of anilines is 1. The maximum atomic E-state index is 11.8. The first-order valence-electron chi connectivity index (χ1n) is 7.58. The summed E-state index contributed by atoms with van der Waals surface area (Å²) in [6, 6.07) is 4.69. The number of hydrogen-bond donors (Lipinski definition) is 1. The van der Waals surface area contributed by atoms with Gasteiger partial charge in [-0.2, -0.15) is 0 Å². The zero-order chi connectivity index (χ0) is 19.1. The molecule has 0 aliphatic carbocycles. The third kappa shape index (κ3) is 5.55. The number of nitrogens with zero attached hydrogens (tertiary/aromatic N) is 1. The number of Topliss-reactive ketones (excluding diaryl/α,β-unsaturated/α-hetero) is 1. The molecule has 0 aliphatic rings. The fourth-order valence-electron chi connectivity index (χ4n) is 1.92. The molecule has 0 fully saturated rings. The minimum Gasteiger partial charge on any atom is -0.493 e. The highest BCUT2D eigenvalue weighted by molar-refractivity contribution is 7.13. The number of carbonyl (C=O) groups is 3. The second kappa shape index (κ2) is 8.95. The fraction of sp³-hybridized carbons (Fsp3) is 0.294. The monoisotopic (exact) mass is 378 g/mol. The Morgan fingerprint density at radius 1 is 1.19 bits per heavy atom. The molecule has 8 nitrogen and oxygen atoms in total. The topological polar surface area (TPSA) is 104 Å². The van der Waals surface area contributed by atoms with E-state index in [1.807, 2.05) is 0 Å². The van der Waals surface area contributed by atoms with Gasteiger partial charge in [-0.05, 0) is 25.1 Å². The summed E-state index contributed by atoms with van der Waals surface area (Å²) < 4.78 is 15.6. The lowest BCUT2D eigenvalue weighted by Crippen LogP contribution is -2.15. The molecule has 1 N–H and O–H groups in total. The molecule has 9 heteroatoms. The van der Waals surface area contributed by atoms with Crippen LogP contribution in [0.1, 0.15) is 29.9 Å². The number of ketones is 1. The molecule has 138 valence electrons. The molecule has 0 saturated carbocycles. The maximum Gasteiger partial charge on any atom is 0.344 e. The predicted octanol–water partition coefficient (Wildman–Crippen LogP) is 2.43. The first-order chi connectivity index (χ1) is 12.4. The molecular formula is C17H18N2O6S. The summed E-state index contributed by atoms with van der Waals surface area (Å²) >= 11 is 1.24. The molecular weight excluding hydrogens is 360 g/mol. The number of nitrogens with one attached hydrogen (secondary N) is 1. The number of ether oxygens (including phenoxy) is 3. The highest BCUT2D eigenvalue weighted by atomic mass is 32.1. The lowest BCUT2D eigenvalue weighted by atomic mass is 10.1. The van der Waals surface area contributed by atoms with Gasteiger partial charge in [-0.3, -0.25) is 9.59 Å². The summed E-state index contributed by atoms with van der Waals surface area (Å²) in [7, 11) is 1.44. The van der Waals surface area contributed by atoms with Gasteiger partial charge in [0.05, 0.1) is 12.8 Å². The molecule has 1 amide bonds. The van der Waals surface area contributed by atoms with Crippen LogP contribution in [0, 0.1) is 0 Å². The third-order valence-electron chi connectivity index (χ3n) is 3.13. The maximum absolute atomic E-state index is 11.8. The van der Waals surface area contributed by atoms with Crippen LogP contribution in [0.5, 0.6) is 11.5 Å². The second-order valence-electron chi connectivity index (χ2n) is 5.20. The summed E-state index contributed by atoms with van der Waals surface area (Å²) in [5.41, 5.74) is 1.01. The summed E-state index contributed by atoms with van der Waals surface area (Å²) in [5.74, 6) is -0.227. The van der Waals surface area contributed by atoms with E-state index in [4.69, 9.17) is 14.2 Å². The van der Waals surface area contributed by atoms with Gasteiger partial charge >= 0.3 is 5.97 Å². The van der Waals surface area contributed by atoms with Crippen LogP contribution in [0.3, 0.4) is 0 Å². The van der Waals surface area contributed by atoms with Crippen molar-refractivity contribution >= 4 is 34.1 Å². The number of aromatic nitrogens is 1. The molecule has 1 aromatic heterocycles. The molecule has 0 unspecified atom stereocenters. The molecule has 0 spiro atoms. The molecule has 0 bridgehead atoms. The number of methoxy groups -OCH3 is 1. The fourth-order valence-corrected chi connectivity index (χ4v) is 2.66. The first-order valence-corrected chi connectivity index (χ1v) is 8.46. The lowest BCUT2D eigenvalue weighted by Gasteiger charge is -2.11. The second-order valence-corrected chi connectivity index (χ2v) is 6.05. The Morgan fingerprint density at radius 3 is 2.62 bits per heavy atom. The molecule has 1 aromatic carbocycles. The van der Waals surface area contributed by atoms with E-state index >= 15 is 0 Å². The van der Waals surface area contributed by atoms with Crippen molar-refractivity contribution < 1.29 is 28.6 Å².